The molecule has 1 heterocycles. The van der Waals surface area contributed by atoms with E-state index in [1.165, 1.54) is 13.1 Å². The Morgan fingerprint density at radius 2 is 1.76 bits per heavy atom. The lowest BCUT2D eigenvalue weighted by atomic mass is 9.78. The summed E-state index contributed by atoms with van der Waals surface area (Å²) in [4.78, 5) is 41.3. The molecule has 0 aliphatic heterocycles. The highest BCUT2D eigenvalue weighted by Gasteiger charge is 2.41. The minimum Gasteiger partial charge on any atom is -0.490 e. The van der Waals surface area contributed by atoms with E-state index in [1.54, 1.807) is 42.5 Å². The SMILES string of the molecule is CNC(=O)c1ccc(-c2ccc(OC(C)C)c(C(=O)NC3(CO)CCCc4[nH]c5c(C(=O)O)cccc5c43)c2)cc1Cl. The van der Waals surface area contributed by atoms with Crippen molar-refractivity contribution < 1.29 is 29.3 Å². The monoisotopic (exact) mass is 589 g/mol. The summed E-state index contributed by atoms with van der Waals surface area (Å²) in [5.41, 5.74) is 2.91. The van der Waals surface area contributed by atoms with Crippen LogP contribution in [0.5, 0.6) is 5.75 Å². The van der Waals surface area contributed by atoms with Crippen molar-refractivity contribution in [3.05, 3.63) is 87.6 Å². The fraction of sp³-hybridized carbons (Fsp3) is 0.281. The molecule has 0 spiro atoms. The van der Waals surface area contributed by atoms with Crippen LogP contribution >= 0.6 is 11.6 Å². The first-order chi connectivity index (χ1) is 20.1. The van der Waals surface area contributed by atoms with Crippen LogP contribution in [0.1, 0.15) is 69.0 Å². The molecule has 0 bridgehead atoms. The largest absolute Gasteiger partial charge is 0.490 e. The molecule has 0 fully saturated rings. The van der Waals surface area contributed by atoms with Gasteiger partial charge in [-0.15, -0.1) is 0 Å². The minimum atomic E-state index is -1.15. The second kappa shape index (κ2) is 11.5. The third-order valence-electron chi connectivity index (χ3n) is 7.63. The number of nitrogens with one attached hydrogen (secondary N) is 3. The van der Waals surface area contributed by atoms with Crippen LogP contribution in [0.4, 0.5) is 0 Å². The normalized spacial score (nSPS) is 16.2. The summed E-state index contributed by atoms with van der Waals surface area (Å²) in [6.07, 6.45) is 1.59. The van der Waals surface area contributed by atoms with Crippen LogP contribution in [0.2, 0.25) is 5.02 Å². The van der Waals surface area contributed by atoms with E-state index < -0.39 is 17.4 Å². The summed E-state index contributed by atoms with van der Waals surface area (Å²) in [7, 11) is 1.53. The number of hydrogen-bond donors (Lipinski definition) is 5. The average molecular weight is 590 g/mol. The molecular formula is C32H32ClN3O6. The number of carbonyl (C=O) groups excluding carboxylic acids is 2. The van der Waals surface area contributed by atoms with Gasteiger partial charge in [0.05, 0.1) is 45.5 Å². The van der Waals surface area contributed by atoms with Gasteiger partial charge < -0.3 is 30.6 Å². The Balaban J connectivity index is 1.58. The van der Waals surface area contributed by atoms with Gasteiger partial charge in [0.15, 0.2) is 0 Å². The average Bonchev–Trinajstić information content (AvgIpc) is 3.36. The highest BCUT2D eigenvalue weighted by Crippen LogP contribution is 2.41. The molecule has 5 N–H and O–H groups in total. The predicted octanol–water partition coefficient (Wildman–Crippen LogP) is 5.29. The molecule has 4 aromatic rings. The maximum Gasteiger partial charge on any atom is 0.337 e. The number of carboxylic acid groups (broad SMARTS) is 1. The number of rotatable bonds is 8. The van der Waals surface area contributed by atoms with Crippen LogP contribution in [0.25, 0.3) is 22.0 Å². The third-order valence-corrected chi connectivity index (χ3v) is 7.95. The Hall–Kier alpha value is -4.34. The van der Waals surface area contributed by atoms with Crippen LogP contribution in [0.15, 0.2) is 54.6 Å². The van der Waals surface area contributed by atoms with Crippen LogP contribution in [0.3, 0.4) is 0 Å². The molecule has 2 amide bonds. The maximum atomic E-state index is 14.1. The molecule has 1 aliphatic carbocycles. The Labute approximate surface area is 247 Å². The number of aromatic amines is 1. The Kier molecular flexibility index (Phi) is 7.99. The topological polar surface area (TPSA) is 141 Å². The van der Waals surface area contributed by atoms with E-state index in [9.17, 15) is 24.6 Å². The molecule has 0 saturated heterocycles. The number of aliphatic hydroxyl groups is 1. The van der Waals surface area contributed by atoms with Crippen LogP contribution in [-0.4, -0.2) is 52.7 Å². The van der Waals surface area contributed by atoms with Gasteiger partial charge in [-0.05, 0) is 74.6 Å². The molecule has 10 heteroatoms. The summed E-state index contributed by atoms with van der Waals surface area (Å²) in [5, 5.41) is 27.1. The lowest BCUT2D eigenvalue weighted by Crippen LogP contribution is -2.50. The zero-order valence-corrected chi connectivity index (χ0v) is 24.3. The number of amides is 2. The van der Waals surface area contributed by atoms with Crippen molar-refractivity contribution in [3.63, 3.8) is 0 Å². The number of ether oxygens (including phenoxy) is 1. The van der Waals surface area contributed by atoms with E-state index in [1.807, 2.05) is 19.9 Å². The summed E-state index contributed by atoms with van der Waals surface area (Å²) in [6.45, 7) is 3.34. The van der Waals surface area contributed by atoms with E-state index in [-0.39, 0.29) is 34.8 Å². The van der Waals surface area contributed by atoms with Gasteiger partial charge >= 0.3 is 5.97 Å². The van der Waals surface area contributed by atoms with Crippen LogP contribution in [0, 0.1) is 0 Å². The van der Waals surface area contributed by atoms with E-state index in [0.717, 1.165) is 5.69 Å². The number of carbonyl (C=O) groups is 3. The molecule has 5 rings (SSSR count). The summed E-state index contributed by atoms with van der Waals surface area (Å²) in [6, 6.07) is 15.3. The van der Waals surface area contributed by atoms with Crippen molar-refractivity contribution >= 4 is 40.3 Å². The lowest BCUT2D eigenvalue weighted by molar-refractivity contribution is 0.0697. The van der Waals surface area contributed by atoms with Crippen molar-refractivity contribution in [1.29, 1.82) is 0 Å². The maximum absolute atomic E-state index is 14.1. The van der Waals surface area contributed by atoms with Gasteiger partial charge in [0, 0.05) is 23.7 Å². The zero-order valence-electron chi connectivity index (χ0n) is 23.5. The summed E-state index contributed by atoms with van der Waals surface area (Å²) in [5.74, 6) is -1.45. The molecular weight excluding hydrogens is 558 g/mol. The predicted molar refractivity (Wildman–Crippen MR) is 160 cm³/mol. The number of H-pyrrole nitrogens is 1. The quantitative estimate of drug-likeness (QED) is 0.189. The lowest BCUT2D eigenvalue weighted by Gasteiger charge is -2.37. The van der Waals surface area contributed by atoms with Crippen molar-refractivity contribution in [2.75, 3.05) is 13.7 Å². The molecule has 0 radical (unpaired) electrons. The fourth-order valence-electron chi connectivity index (χ4n) is 5.74. The number of para-hydroxylation sites is 1. The molecule has 0 saturated carbocycles. The number of fused-ring (bicyclic) bond motifs is 3. The van der Waals surface area contributed by atoms with Gasteiger partial charge in [-0.3, -0.25) is 9.59 Å². The molecule has 1 atom stereocenters. The highest BCUT2D eigenvalue weighted by atomic mass is 35.5. The number of aromatic nitrogens is 1. The number of aryl methyl sites for hydroxylation is 1. The molecule has 218 valence electrons. The number of carboxylic acids is 1. The number of hydrogen-bond acceptors (Lipinski definition) is 5. The van der Waals surface area contributed by atoms with E-state index >= 15 is 0 Å². The first-order valence-electron chi connectivity index (χ1n) is 13.7. The van der Waals surface area contributed by atoms with Gasteiger partial charge in [0.2, 0.25) is 0 Å². The third kappa shape index (κ3) is 5.21. The number of halogens is 1. The van der Waals surface area contributed by atoms with Gasteiger partial charge in [-0.1, -0.05) is 35.9 Å². The number of benzene rings is 3. The second-order valence-corrected chi connectivity index (χ2v) is 11.1. The summed E-state index contributed by atoms with van der Waals surface area (Å²) < 4.78 is 5.99. The summed E-state index contributed by atoms with van der Waals surface area (Å²) >= 11 is 6.40. The minimum absolute atomic E-state index is 0.126. The van der Waals surface area contributed by atoms with E-state index in [0.29, 0.717) is 58.2 Å². The number of aromatic carboxylic acids is 1. The Morgan fingerprint density at radius 1 is 1.02 bits per heavy atom. The second-order valence-electron chi connectivity index (χ2n) is 10.7. The van der Waals surface area contributed by atoms with Crippen molar-refractivity contribution in [1.82, 2.24) is 15.6 Å². The molecule has 9 nitrogen and oxygen atoms in total. The molecule has 3 aromatic carbocycles. The Morgan fingerprint density at radius 3 is 2.43 bits per heavy atom. The fourth-order valence-corrected chi connectivity index (χ4v) is 6.01. The molecule has 1 aromatic heterocycles. The van der Waals surface area contributed by atoms with Crippen LogP contribution < -0.4 is 15.4 Å². The van der Waals surface area contributed by atoms with Gasteiger partial charge in [0.25, 0.3) is 11.8 Å². The molecule has 1 aliphatic rings. The van der Waals surface area contributed by atoms with Crippen molar-refractivity contribution in [3.8, 4) is 16.9 Å². The van der Waals surface area contributed by atoms with E-state index in [4.69, 9.17) is 16.3 Å². The highest BCUT2D eigenvalue weighted by molar-refractivity contribution is 6.34. The first-order valence-corrected chi connectivity index (χ1v) is 14.1. The van der Waals surface area contributed by atoms with Gasteiger partial charge in [-0.2, -0.15) is 0 Å². The molecule has 1 unspecified atom stereocenters. The smallest absolute Gasteiger partial charge is 0.337 e. The Bertz CT molecular complexity index is 1710. The van der Waals surface area contributed by atoms with Gasteiger partial charge in [-0.25, -0.2) is 4.79 Å². The van der Waals surface area contributed by atoms with Gasteiger partial charge in [0.1, 0.15) is 5.75 Å². The van der Waals surface area contributed by atoms with Crippen molar-refractivity contribution in [2.45, 2.75) is 44.8 Å². The first kappa shape index (κ1) is 29.2. The number of aliphatic hydroxyl groups excluding tert-OH is 1. The van der Waals surface area contributed by atoms with E-state index in [2.05, 4.69) is 15.6 Å². The van der Waals surface area contributed by atoms with Crippen LogP contribution in [-0.2, 0) is 12.0 Å². The van der Waals surface area contributed by atoms with Crippen molar-refractivity contribution in [2.24, 2.45) is 0 Å². The molecule has 42 heavy (non-hydrogen) atoms. The standard InChI is InChI=1S/C32H32ClN3O6/c1-17(2)42-26-12-10-18(19-9-11-20(24(33)15-19)29(38)34-3)14-23(26)30(39)36-32(16-37)13-5-8-25-27(32)21-6-4-7-22(31(40)41)28(21)35-25/h4,6-7,9-12,14-15,17,35,37H,5,8,13,16H2,1-3H3,(H,34,38)(H,36,39)(H,40,41). The zero-order chi connectivity index (χ0) is 30.2.